The number of para-hydroxylation sites is 2. The number of hydrogen-bond acceptors (Lipinski definition) is 19. The van der Waals surface area contributed by atoms with Crippen molar-refractivity contribution in [2.75, 3.05) is 26.2 Å². The van der Waals surface area contributed by atoms with Crippen molar-refractivity contribution in [3.63, 3.8) is 0 Å². The Balaban J connectivity index is 1.08. The molecule has 15 atom stereocenters. The third kappa shape index (κ3) is 27.8. The van der Waals surface area contributed by atoms with Crippen LogP contribution in [0.3, 0.4) is 0 Å². The predicted octanol–water partition coefficient (Wildman–Crippen LogP) is 0.930. The lowest BCUT2D eigenvalue weighted by molar-refractivity contribution is -0.146. The molecule has 0 aliphatic carbocycles. The number of benzene rings is 3. The fourth-order valence-corrected chi connectivity index (χ4v) is 14.9. The molecule has 4 heterocycles. The summed E-state index contributed by atoms with van der Waals surface area (Å²) in [5.74, 6) is -15.3. The van der Waals surface area contributed by atoms with Gasteiger partial charge in [-0.15, -0.1) is 0 Å². The molecule has 0 radical (unpaired) electrons. The van der Waals surface area contributed by atoms with Crippen molar-refractivity contribution in [1.29, 1.82) is 0 Å². The van der Waals surface area contributed by atoms with E-state index in [4.69, 9.17) is 11.5 Å². The van der Waals surface area contributed by atoms with Gasteiger partial charge in [-0.2, -0.15) is 0 Å². The van der Waals surface area contributed by atoms with Crippen molar-refractivity contribution in [1.82, 2.24) is 78.3 Å². The Morgan fingerprint density at radius 2 is 0.883 bits per heavy atom. The summed E-state index contributed by atoms with van der Waals surface area (Å²) in [5, 5.41) is 71.8. The average molecular weight is 1670 g/mol. The Bertz CT molecular complexity index is 4410. The minimum Gasteiger partial charge on any atom is -0.508 e. The van der Waals surface area contributed by atoms with Gasteiger partial charge in [0.25, 0.3) is 0 Å². The van der Waals surface area contributed by atoms with Gasteiger partial charge in [-0.3, -0.25) is 71.9 Å². The number of carboxylic acids is 2. The number of carbonyl (C=O) groups is 15. The number of amides is 13. The van der Waals surface area contributed by atoms with Gasteiger partial charge in [0.15, 0.2) is 0 Å². The number of carboxylic acid groups (broad SMARTS) is 2. The highest BCUT2D eigenvalue weighted by molar-refractivity contribution is 6.02. The largest absolute Gasteiger partial charge is 0.508 e. The molecule has 2 saturated heterocycles. The Morgan fingerprint density at radius 3 is 1.38 bits per heavy atom. The van der Waals surface area contributed by atoms with E-state index < -0.39 is 192 Å². The van der Waals surface area contributed by atoms with Gasteiger partial charge >= 0.3 is 11.9 Å². The van der Waals surface area contributed by atoms with Gasteiger partial charge in [0, 0.05) is 66.6 Å². The van der Waals surface area contributed by atoms with Crippen LogP contribution in [0, 0.1) is 23.7 Å². The van der Waals surface area contributed by atoms with Gasteiger partial charge < -0.3 is 110 Å². The number of carbonyl (C=O) groups excluding carboxylic acids is 13. The molecule has 3 aromatic carbocycles. The molecule has 0 bridgehead atoms. The van der Waals surface area contributed by atoms with E-state index in [9.17, 15) is 92.3 Å². The lowest BCUT2D eigenvalue weighted by Crippen LogP contribution is -2.62. The third-order valence-corrected chi connectivity index (χ3v) is 21.4. The van der Waals surface area contributed by atoms with Crippen LogP contribution in [0.15, 0.2) is 85.2 Å². The standard InChI is InChI=1S/C84H121N17O19/c1-11-47(8)70(98-72(108)48(9)86)81(117)95-63(39-52-42-88-57-23-15-13-21-55(52)57)76(112)92-61(37-50-27-29-53(103)30-28-50)75(111)97-65(40-68(104)105)84(120)101-33-19-26-67(101)80(116)94-60(35-45(4)5)78(114)99-71(49(10)102)82(118)90-58(24-16-17-31-85)73(109)91-59(34-44(2)3)74(110)93-62(38-51-41-87-56-22-14-12-20-54(51)56)77(113)96-64(36-46(6)7)83(119)100-32-18-25-66(100)79(115)89-43-69(106)107/h12-15,20-23,27-30,41-42,44-49,58-67,70-71,87-88,102-103H,11,16-19,24-26,31-40,43,85-86H2,1-10H3,(H,89,115)(H,90,118)(H,91,109)(H,92,112)(H,93,110)(H,94,116)(H,95,117)(H,96,113)(H,97,111)(H,98,108)(H,99,114)(H,104,105)(H,106,107)/t47-,48-,49+,58-,59-,60-,61-,62-,63-,64-,65-,66-,67-,70-,71-/m0/s1. The molecule has 5 aromatic rings. The minimum absolute atomic E-state index is 0.0103. The van der Waals surface area contributed by atoms with Crippen molar-refractivity contribution in [2.45, 2.75) is 250 Å². The van der Waals surface area contributed by atoms with Crippen LogP contribution >= 0.6 is 0 Å². The van der Waals surface area contributed by atoms with E-state index in [1.54, 1.807) is 84.3 Å². The Morgan fingerprint density at radius 1 is 0.467 bits per heavy atom. The normalized spacial score (nSPS) is 17.3. The number of aromatic amines is 2. The number of hydrogen-bond donors (Lipinski definition) is 19. The van der Waals surface area contributed by atoms with E-state index in [0.717, 1.165) is 15.8 Å². The fraction of sp³-hybridized carbons (Fsp3) is 0.560. The summed E-state index contributed by atoms with van der Waals surface area (Å²) in [5.41, 5.74) is 14.8. The second-order valence-corrected chi connectivity index (χ2v) is 32.6. The van der Waals surface area contributed by atoms with Crippen LogP contribution in [-0.2, 0) is 91.2 Å². The lowest BCUT2D eigenvalue weighted by atomic mass is 9.96. The van der Waals surface area contributed by atoms with E-state index in [-0.39, 0.29) is 114 Å². The first-order valence-electron chi connectivity index (χ1n) is 41.3. The molecule has 656 valence electrons. The van der Waals surface area contributed by atoms with Gasteiger partial charge in [-0.1, -0.05) is 110 Å². The smallest absolute Gasteiger partial charge is 0.322 e. The van der Waals surface area contributed by atoms with Crippen molar-refractivity contribution >= 4 is 111 Å². The van der Waals surface area contributed by atoms with E-state index in [0.29, 0.717) is 46.9 Å². The third-order valence-electron chi connectivity index (χ3n) is 21.4. The molecule has 7 rings (SSSR count). The summed E-state index contributed by atoms with van der Waals surface area (Å²) in [4.78, 5) is 221. The summed E-state index contributed by atoms with van der Waals surface area (Å²) in [6.45, 7) is 16.4. The highest BCUT2D eigenvalue weighted by Crippen LogP contribution is 2.27. The minimum atomic E-state index is -1.90. The number of likely N-dealkylation sites (tertiary alicyclic amines) is 2. The van der Waals surface area contributed by atoms with Crippen LogP contribution < -0.4 is 70.0 Å². The van der Waals surface area contributed by atoms with E-state index in [1.807, 2.05) is 32.0 Å². The van der Waals surface area contributed by atoms with Crippen molar-refractivity contribution in [2.24, 2.45) is 35.1 Å². The molecular weight excluding hydrogens is 1550 g/mol. The zero-order chi connectivity index (χ0) is 88.4. The summed E-state index contributed by atoms with van der Waals surface area (Å²) < 4.78 is 0. The molecule has 2 aliphatic rings. The average Bonchev–Trinajstić information content (AvgIpc) is 1.62. The Kier molecular flexibility index (Phi) is 36.3. The molecule has 0 saturated carbocycles. The predicted molar refractivity (Wildman–Crippen MR) is 444 cm³/mol. The maximum absolute atomic E-state index is 14.9. The number of aliphatic hydroxyl groups excluding tert-OH is 1. The maximum Gasteiger partial charge on any atom is 0.322 e. The summed E-state index contributed by atoms with van der Waals surface area (Å²) in [7, 11) is 0. The van der Waals surface area contributed by atoms with Gasteiger partial charge in [-0.25, -0.2) is 0 Å². The molecule has 120 heavy (non-hydrogen) atoms. The number of aromatic nitrogens is 2. The number of aliphatic carboxylic acids is 2. The van der Waals surface area contributed by atoms with E-state index >= 15 is 0 Å². The molecule has 0 unspecified atom stereocenters. The molecule has 2 aliphatic heterocycles. The number of phenols is 1. The van der Waals surface area contributed by atoms with Crippen LogP contribution in [0.4, 0.5) is 0 Å². The topological polar surface area (TPSA) is 559 Å². The number of fused-ring (bicyclic) bond motifs is 2. The molecule has 13 amide bonds. The summed E-state index contributed by atoms with van der Waals surface area (Å²) in [6.07, 6.45) is 1.80. The van der Waals surface area contributed by atoms with Crippen molar-refractivity contribution < 1.29 is 92.3 Å². The summed E-state index contributed by atoms with van der Waals surface area (Å²) >= 11 is 0. The zero-order valence-corrected chi connectivity index (χ0v) is 69.9. The number of aliphatic hydroxyl groups is 1. The Hall–Kier alpha value is -11.5. The first kappa shape index (κ1) is 95.6. The van der Waals surface area contributed by atoms with Crippen LogP contribution in [0.25, 0.3) is 21.8 Å². The molecule has 36 heteroatoms. The number of unbranched alkanes of at least 4 members (excludes halogenated alkanes) is 1. The molecule has 0 spiro atoms. The van der Waals surface area contributed by atoms with Crippen molar-refractivity contribution in [3.05, 3.63) is 102 Å². The van der Waals surface area contributed by atoms with Crippen LogP contribution in [0.5, 0.6) is 5.75 Å². The first-order valence-corrected chi connectivity index (χ1v) is 41.3. The number of H-pyrrole nitrogens is 2. The van der Waals surface area contributed by atoms with Crippen LogP contribution in [0.1, 0.15) is 163 Å². The van der Waals surface area contributed by atoms with Gasteiger partial charge in [-0.05, 0) is 149 Å². The Labute approximate surface area is 697 Å². The van der Waals surface area contributed by atoms with Crippen LogP contribution in [0.2, 0.25) is 0 Å². The highest BCUT2D eigenvalue weighted by atomic mass is 16.4. The number of nitrogens with one attached hydrogen (secondary N) is 13. The number of phenolic OH excluding ortho intramolecular Hbond substituents is 1. The van der Waals surface area contributed by atoms with Gasteiger partial charge in [0.1, 0.15) is 84.8 Å². The molecular formula is C84H121N17O19. The van der Waals surface area contributed by atoms with Gasteiger partial charge in [0.2, 0.25) is 76.8 Å². The maximum atomic E-state index is 14.9. The number of aromatic hydroxyl groups is 1. The van der Waals surface area contributed by atoms with Crippen LogP contribution in [-0.4, -0.2) is 240 Å². The van der Waals surface area contributed by atoms with E-state index in [1.165, 1.54) is 43.0 Å². The summed E-state index contributed by atoms with van der Waals surface area (Å²) in [6, 6.07) is 1.69. The number of nitrogens with two attached hydrogens (primary N) is 2. The fourth-order valence-electron chi connectivity index (χ4n) is 14.9. The SMILES string of the molecule is CC[C@H](C)[C@H](NC(=O)[C@H](C)N)C(=O)N[C@@H](Cc1c[nH]c2ccccc12)C(=O)N[C@@H](Cc1ccc(O)cc1)C(=O)N[C@@H](CC(=O)O)C(=O)N1CCC[C@H]1C(=O)N[C@@H](CC(C)C)C(=O)N[C@H](C(=O)N[C@@H](CCCCN)C(=O)N[C@@H](CC(C)C)C(=O)N[C@@H](Cc1c[nH]c2ccccc12)C(=O)N[C@@H](CC(C)C)C(=O)N1CCC[C@H]1C(=O)NCC(=O)O)[C@@H](C)O. The van der Waals surface area contributed by atoms with Gasteiger partial charge in [0.05, 0.1) is 18.6 Å². The number of rotatable bonds is 46. The zero-order valence-electron chi connectivity index (χ0n) is 69.9. The molecule has 2 fully saturated rings. The first-order chi connectivity index (χ1) is 56.9. The monoisotopic (exact) mass is 1670 g/mol. The highest BCUT2D eigenvalue weighted by Gasteiger charge is 2.44. The van der Waals surface area contributed by atoms with E-state index in [2.05, 4.69) is 68.5 Å². The van der Waals surface area contributed by atoms with Crippen molar-refractivity contribution in [3.8, 4) is 5.75 Å². The quantitative estimate of drug-likeness (QED) is 0.0241. The second-order valence-electron chi connectivity index (χ2n) is 32.6. The number of nitrogens with zero attached hydrogens (tertiary/aromatic N) is 2. The molecule has 36 nitrogen and oxygen atoms in total. The lowest BCUT2D eigenvalue weighted by Gasteiger charge is -2.31. The molecule has 21 N–H and O–H groups in total. The second kappa shape index (κ2) is 45.6. The molecule has 2 aromatic heterocycles.